The van der Waals surface area contributed by atoms with E-state index in [2.05, 4.69) is 70.1 Å². The number of aryl methyl sites for hydroxylation is 2. The largest absolute Gasteiger partial charge is 0.352 e. The monoisotopic (exact) mass is 870 g/mol. The van der Waals surface area contributed by atoms with Gasteiger partial charge >= 0.3 is 0 Å². The molecule has 0 aliphatic carbocycles. The number of benzene rings is 6. The molecule has 0 N–H and O–H groups in total. The van der Waals surface area contributed by atoms with Crippen molar-refractivity contribution in [3.05, 3.63) is 249 Å². The van der Waals surface area contributed by atoms with Gasteiger partial charge in [-0.05, 0) is 86.6 Å². The molecule has 0 radical (unpaired) electrons. The lowest BCUT2D eigenvalue weighted by atomic mass is 9.76. The first-order chi connectivity index (χ1) is 32.0. The van der Waals surface area contributed by atoms with E-state index in [0.29, 0.717) is 46.5 Å². The summed E-state index contributed by atoms with van der Waals surface area (Å²) in [6, 6.07) is 51.2. The van der Waals surface area contributed by atoms with Crippen molar-refractivity contribution in [3.8, 4) is 0 Å². The van der Waals surface area contributed by atoms with E-state index in [4.69, 9.17) is 0 Å². The molecule has 2 aliphatic heterocycles. The highest BCUT2D eigenvalue weighted by molar-refractivity contribution is 6.13. The fourth-order valence-electron chi connectivity index (χ4n) is 8.97. The lowest BCUT2D eigenvalue weighted by molar-refractivity contribution is 0.102. The van der Waals surface area contributed by atoms with Gasteiger partial charge in [-0.1, -0.05) is 158 Å². The smallest absolute Gasteiger partial charge is 0.193 e. The molecule has 2 unspecified atom stereocenters. The second-order valence-electron chi connectivity index (χ2n) is 17.9. The van der Waals surface area contributed by atoms with Gasteiger partial charge in [0.2, 0.25) is 0 Å². The van der Waals surface area contributed by atoms with E-state index >= 15 is 0 Å². The Labute approximate surface area is 390 Å². The van der Waals surface area contributed by atoms with Crippen LogP contribution in [0, 0.1) is 13.8 Å². The second kappa shape index (κ2) is 20.3. The first-order valence-electron chi connectivity index (χ1n) is 22.7. The van der Waals surface area contributed by atoms with Crippen LogP contribution in [0.1, 0.15) is 81.9 Å². The van der Waals surface area contributed by atoms with E-state index in [1.54, 1.807) is 0 Å². The van der Waals surface area contributed by atoms with Crippen LogP contribution in [-0.4, -0.2) is 91.3 Å². The van der Waals surface area contributed by atoms with Crippen molar-refractivity contribution in [1.29, 1.82) is 0 Å². The molecule has 2 heterocycles. The highest BCUT2D eigenvalue weighted by atomic mass is 16.1. The zero-order chi connectivity index (χ0) is 46.3. The predicted octanol–water partition coefficient (Wildman–Crippen LogP) is 11.1. The maximum absolute atomic E-state index is 14.5. The number of allylic oxidation sites excluding steroid dienone is 4. The highest BCUT2D eigenvalue weighted by Crippen LogP contribution is 2.45. The minimum absolute atomic E-state index is 0.00919. The Kier molecular flexibility index (Phi) is 14.0. The first-order valence-corrected chi connectivity index (χ1v) is 22.7. The number of nitrogens with zero attached hydrogens (tertiary/aromatic N) is 4. The molecule has 2 atom stereocenters. The van der Waals surface area contributed by atoms with Gasteiger partial charge in [-0.2, -0.15) is 0 Å². The SMILES string of the molecule is Cc1ccccc1C1C(C(=O)c2ccccc2)=CN(CCN(C)C)C=C1c1ccc(C(=O)c2ccc(C3=CN(CCN(C)C)C=C(C(=O)c4ccccc4)C3c3ccccc3C)cc2)cc1. The van der Waals surface area contributed by atoms with Crippen LogP contribution >= 0.6 is 0 Å². The molecule has 0 spiro atoms. The van der Waals surface area contributed by atoms with Crippen molar-refractivity contribution in [1.82, 2.24) is 19.6 Å². The average Bonchev–Trinajstić information content (AvgIpc) is 3.35. The molecule has 0 saturated heterocycles. The third-order valence-corrected chi connectivity index (χ3v) is 12.6. The van der Waals surface area contributed by atoms with Crippen LogP contribution in [0.5, 0.6) is 0 Å². The maximum Gasteiger partial charge on any atom is 0.193 e. The predicted molar refractivity (Wildman–Crippen MR) is 268 cm³/mol. The molecule has 6 aromatic rings. The fourth-order valence-corrected chi connectivity index (χ4v) is 8.97. The van der Waals surface area contributed by atoms with Gasteiger partial charge in [0.1, 0.15) is 0 Å². The van der Waals surface area contributed by atoms with E-state index in [1.807, 2.05) is 174 Å². The third-order valence-electron chi connectivity index (χ3n) is 12.6. The van der Waals surface area contributed by atoms with E-state index in [9.17, 15) is 14.4 Å². The number of likely N-dealkylation sites (N-methyl/N-ethyl adjacent to an activating group) is 2. The molecule has 0 fully saturated rings. The number of ketones is 3. The van der Waals surface area contributed by atoms with Crippen LogP contribution in [0.2, 0.25) is 0 Å². The van der Waals surface area contributed by atoms with Gasteiger partial charge < -0.3 is 19.6 Å². The topological polar surface area (TPSA) is 64.2 Å². The molecule has 7 nitrogen and oxygen atoms in total. The molecule has 332 valence electrons. The van der Waals surface area contributed by atoms with Crippen LogP contribution in [-0.2, 0) is 0 Å². The zero-order valence-corrected chi connectivity index (χ0v) is 38.8. The van der Waals surface area contributed by atoms with Crippen molar-refractivity contribution in [2.75, 3.05) is 54.4 Å². The average molecular weight is 871 g/mol. The molecule has 0 amide bonds. The Bertz CT molecular complexity index is 2640. The Morgan fingerprint density at radius 3 is 1.09 bits per heavy atom. The summed E-state index contributed by atoms with van der Waals surface area (Å²) in [6.07, 6.45) is 8.37. The number of hydrogen-bond acceptors (Lipinski definition) is 7. The van der Waals surface area contributed by atoms with Crippen molar-refractivity contribution in [2.24, 2.45) is 0 Å². The molecule has 0 saturated carbocycles. The number of rotatable bonds is 16. The molecule has 0 aromatic heterocycles. The third kappa shape index (κ3) is 10.0. The minimum Gasteiger partial charge on any atom is -0.352 e. The molecular formula is C59H58N4O3. The number of hydrogen-bond donors (Lipinski definition) is 0. The standard InChI is InChI=1S/C59H58N4O3/c1-41-17-13-15-23-49(41)55-51(37-62(35-33-60(3)4)39-53(55)58(65)45-19-9-7-10-20-45)43-25-29-47(30-26-43)57(64)48-31-27-44(28-32-48)52-38-63(36-34-61(5)6)40-54(59(66)46-21-11-8-12-22-46)56(52)50-24-16-14-18-42(50)2/h7-32,37-40,55-56H,33-36H2,1-6H3. The van der Waals surface area contributed by atoms with Crippen LogP contribution in [0.4, 0.5) is 0 Å². The van der Waals surface area contributed by atoms with Crippen LogP contribution in [0.15, 0.2) is 194 Å². The van der Waals surface area contributed by atoms with Crippen molar-refractivity contribution >= 4 is 28.5 Å². The highest BCUT2D eigenvalue weighted by Gasteiger charge is 2.34. The summed E-state index contributed by atoms with van der Waals surface area (Å²) in [6.45, 7) is 7.20. The van der Waals surface area contributed by atoms with Crippen molar-refractivity contribution < 1.29 is 14.4 Å². The van der Waals surface area contributed by atoms with Gasteiger partial charge in [-0.15, -0.1) is 0 Å². The van der Waals surface area contributed by atoms with Gasteiger partial charge in [0.05, 0.1) is 0 Å². The van der Waals surface area contributed by atoms with Crippen LogP contribution in [0.25, 0.3) is 11.1 Å². The summed E-state index contributed by atoms with van der Waals surface area (Å²) >= 11 is 0. The van der Waals surface area contributed by atoms with E-state index in [1.165, 1.54) is 0 Å². The molecule has 0 bridgehead atoms. The summed E-state index contributed by atoms with van der Waals surface area (Å²) < 4.78 is 0. The number of carbonyl (C=O) groups is 3. The summed E-state index contributed by atoms with van der Waals surface area (Å²) in [5.74, 6) is -0.749. The van der Waals surface area contributed by atoms with Gasteiger partial charge in [-0.3, -0.25) is 14.4 Å². The Hall–Kier alpha value is -7.19. The maximum atomic E-state index is 14.5. The molecule has 8 rings (SSSR count). The summed E-state index contributed by atoms with van der Waals surface area (Å²) in [4.78, 5) is 51.8. The molecule has 66 heavy (non-hydrogen) atoms. The summed E-state index contributed by atoms with van der Waals surface area (Å²) in [5, 5.41) is 0. The van der Waals surface area contributed by atoms with Crippen molar-refractivity contribution in [2.45, 2.75) is 25.7 Å². The Morgan fingerprint density at radius 1 is 0.409 bits per heavy atom. The van der Waals surface area contributed by atoms with Gasteiger partial charge in [-0.25, -0.2) is 0 Å². The number of carbonyl (C=O) groups excluding carboxylic acids is 3. The molecule has 6 aromatic carbocycles. The van der Waals surface area contributed by atoms with E-state index in [-0.39, 0.29) is 29.2 Å². The quantitative estimate of drug-likeness (QED) is 0.0898. The normalized spacial score (nSPS) is 16.1. The Morgan fingerprint density at radius 2 is 0.742 bits per heavy atom. The molecule has 7 heteroatoms. The van der Waals surface area contributed by atoms with Crippen LogP contribution < -0.4 is 0 Å². The Balaban J connectivity index is 1.12. The lowest BCUT2D eigenvalue weighted by Gasteiger charge is -2.33. The molecular weight excluding hydrogens is 813 g/mol. The summed E-state index contributed by atoms with van der Waals surface area (Å²) in [7, 11) is 8.19. The minimum atomic E-state index is -0.321. The van der Waals surface area contributed by atoms with Gasteiger partial charge in [0.15, 0.2) is 17.3 Å². The fraction of sp³-hybridized carbons (Fsp3) is 0.203. The summed E-state index contributed by atoms with van der Waals surface area (Å²) in [5.41, 5.74) is 12.0. The number of Topliss-reactive ketones (excluding diaryl/α,β-unsaturated/α-hetero) is 2. The van der Waals surface area contributed by atoms with E-state index < -0.39 is 0 Å². The second-order valence-corrected chi connectivity index (χ2v) is 17.9. The van der Waals surface area contributed by atoms with Gasteiger partial charge in [0, 0.05) is 96.2 Å². The van der Waals surface area contributed by atoms with Crippen molar-refractivity contribution in [3.63, 3.8) is 0 Å². The first kappa shape index (κ1) is 45.4. The zero-order valence-electron chi connectivity index (χ0n) is 38.8. The molecule has 2 aliphatic rings. The lowest BCUT2D eigenvalue weighted by Crippen LogP contribution is -2.30. The van der Waals surface area contributed by atoms with Crippen LogP contribution in [0.3, 0.4) is 0 Å². The van der Waals surface area contributed by atoms with Gasteiger partial charge in [0.25, 0.3) is 0 Å². The van der Waals surface area contributed by atoms with E-state index in [0.717, 1.165) is 57.6 Å².